The highest BCUT2D eigenvalue weighted by Gasteiger charge is 2.15. The minimum atomic E-state index is -4.71. The van der Waals surface area contributed by atoms with Gasteiger partial charge in [-0.2, -0.15) is 8.42 Å². The van der Waals surface area contributed by atoms with E-state index in [-0.39, 0.29) is 4.90 Å². The minimum Gasteiger partial charge on any atom is -0.339 e. The molecule has 0 amide bonds. The maximum absolute atomic E-state index is 13.1. The molecule has 0 aliphatic heterocycles. The van der Waals surface area contributed by atoms with Gasteiger partial charge in [0.15, 0.2) is 0 Å². The first kappa shape index (κ1) is 16.3. The van der Waals surface area contributed by atoms with E-state index in [0.717, 1.165) is 22.7 Å². The largest absolute Gasteiger partial charge is 0.339 e. The van der Waals surface area contributed by atoms with Gasteiger partial charge >= 0.3 is 10.2 Å². The van der Waals surface area contributed by atoms with Crippen molar-refractivity contribution in [3.63, 3.8) is 0 Å². The molecule has 0 radical (unpaired) electrons. The minimum absolute atomic E-state index is 0.371. The Balaban J connectivity index is 1.81. The number of benzene rings is 2. The second kappa shape index (κ2) is 6.27. The lowest BCUT2D eigenvalue weighted by atomic mass is 10.1. The van der Waals surface area contributed by atoms with Gasteiger partial charge in [-0.25, -0.2) is 4.98 Å². The van der Waals surface area contributed by atoms with E-state index in [0.29, 0.717) is 5.69 Å². The second-order valence-corrected chi connectivity index (χ2v) is 7.04. The predicted molar refractivity (Wildman–Crippen MR) is 98.6 cm³/mol. The fourth-order valence-electron chi connectivity index (χ4n) is 2.75. The zero-order valence-corrected chi connectivity index (χ0v) is 14.3. The Morgan fingerprint density at radius 1 is 0.885 bits per heavy atom. The van der Waals surface area contributed by atoms with Crippen LogP contribution in [0.3, 0.4) is 0 Å². The molecule has 4 rings (SSSR count). The highest BCUT2D eigenvalue weighted by Crippen LogP contribution is 2.31. The quantitative estimate of drug-likeness (QED) is 0.543. The summed E-state index contributed by atoms with van der Waals surface area (Å²) >= 11 is 0. The standard InChI is InChI=1S/C19H14FN3O2S/c20-26(24,25)16-11-9-15(10-12-16)21-19-18(14-6-2-1-3-7-14)22-17-8-4-5-13-23(17)19/h1-13,21H. The van der Waals surface area contributed by atoms with Gasteiger partial charge in [0.2, 0.25) is 0 Å². The van der Waals surface area contributed by atoms with E-state index < -0.39 is 10.2 Å². The molecule has 4 aromatic rings. The first-order chi connectivity index (χ1) is 12.5. The topological polar surface area (TPSA) is 63.5 Å². The second-order valence-electron chi connectivity index (χ2n) is 5.69. The van der Waals surface area contributed by atoms with Crippen LogP contribution in [0.5, 0.6) is 0 Å². The third kappa shape index (κ3) is 3.04. The number of nitrogens with one attached hydrogen (secondary N) is 1. The molecule has 0 spiro atoms. The van der Waals surface area contributed by atoms with Gasteiger partial charge in [-0.05, 0) is 36.4 Å². The Labute approximate surface area is 150 Å². The molecule has 26 heavy (non-hydrogen) atoms. The van der Waals surface area contributed by atoms with E-state index in [9.17, 15) is 12.3 Å². The number of imidazole rings is 1. The summed E-state index contributed by atoms with van der Waals surface area (Å²) < 4.78 is 36.9. The van der Waals surface area contributed by atoms with Crippen LogP contribution >= 0.6 is 0 Å². The summed E-state index contributed by atoms with van der Waals surface area (Å²) in [5.41, 5.74) is 3.11. The molecular formula is C19H14FN3O2S. The van der Waals surface area contributed by atoms with Gasteiger partial charge in [0.25, 0.3) is 0 Å². The molecule has 2 aromatic heterocycles. The lowest BCUT2D eigenvalue weighted by Crippen LogP contribution is -1.98. The van der Waals surface area contributed by atoms with Crippen LogP contribution in [0.2, 0.25) is 0 Å². The number of aromatic nitrogens is 2. The molecule has 0 aliphatic carbocycles. The van der Waals surface area contributed by atoms with Crippen LogP contribution in [0.25, 0.3) is 16.9 Å². The Hall–Kier alpha value is -3.19. The van der Waals surface area contributed by atoms with Gasteiger partial charge in [0.05, 0.1) is 4.90 Å². The number of fused-ring (bicyclic) bond motifs is 1. The monoisotopic (exact) mass is 367 g/mol. The lowest BCUT2D eigenvalue weighted by Gasteiger charge is -2.09. The molecule has 0 atom stereocenters. The third-order valence-electron chi connectivity index (χ3n) is 3.98. The number of hydrogen-bond donors (Lipinski definition) is 1. The number of nitrogens with zero attached hydrogens (tertiary/aromatic N) is 2. The Morgan fingerprint density at radius 2 is 1.58 bits per heavy atom. The Bertz CT molecular complexity index is 1170. The summed E-state index contributed by atoms with van der Waals surface area (Å²) in [6, 6.07) is 20.9. The zero-order chi connectivity index (χ0) is 18.1. The Morgan fingerprint density at radius 3 is 2.27 bits per heavy atom. The molecule has 0 unspecified atom stereocenters. The molecule has 0 saturated heterocycles. The summed E-state index contributed by atoms with van der Waals surface area (Å²) in [5, 5.41) is 3.26. The number of halogens is 1. The van der Waals surface area contributed by atoms with Crippen LogP contribution in [-0.4, -0.2) is 17.8 Å². The molecule has 2 heterocycles. The van der Waals surface area contributed by atoms with E-state index >= 15 is 0 Å². The Kier molecular flexibility index (Phi) is 3.93. The van der Waals surface area contributed by atoms with Crippen molar-refractivity contribution in [2.24, 2.45) is 0 Å². The maximum Gasteiger partial charge on any atom is 0.332 e. The number of anilines is 2. The zero-order valence-electron chi connectivity index (χ0n) is 13.5. The third-order valence-corrected chi connectivity index (χ3v) is 4.81. The van der Waals surface area contributed by atoms with Gasteiger partial charge in [-0.3, -0.25) is 4.40 Å². The highest BCUT2D eigenvalue weighted by atomic mass is 32.3. The van der Waals surface area contributed by atoms with Crippen molar-refractivity contribution in [1.82, 2.24) is 9.38 Å². The smallest absolute Gasteiger partial charge is 0.332 e. The first-order valence-electron chi connectivity index (χ1n) is 7.87. The summed E-state index contributed by atoms with van der Waals surface area (Å²) in [6.07, 6.45) is 1.89. The van der Waals surface area contributed by atoms with Crippen molar-refractivity contribution >= 4 is 27.4 Å². The number of pyridine rings is 1. The first-order valence-corrected chi connectivity index (χ1v) is 9.25. The molecular weight excluding hydrogens is 353 g/mol. The fourth-order valence-corrected chi connectivity index (χ4v) is 3.21. The van der Waals surface area contributed by atoms with E-state index in [4.69, 9.17) is 0 Å². The maximum atomic E-state index is 13.1. The lowest BCUT2D eigenvalue weighted by molar-refractivity contribution is 0.552. The van der Waals surface area contributed by atoms with Gasteiger partial charge < -0.3 is 5.32 Å². The van der Waals surface area contributed by atoms with E-state index in [1.165, 1.54) is 24.3 Å². The molecule has 0 fully saturated rings. The van der Waals surface area contributed by atoms with Crippen molar-refractivity contribution in [1.29, 1.82) is 0 Å². The SMILES string of the molecule is O=S(=O)(F)c1ccc(Nc2c(-c3ccccc3)nc3ccccn23)cc1. The van der Waals surface area contributed by atoms with Crippen molar-refractivity contribution in [2.75, 3.05) is 5.32 Å². The fraction of sp³-hybridized carbons (Fsp3) is 0. The van der Waals surface area contributed by atoms with Crippen molar-refractivity contribution in [2.45, 2.75) is 4.90 Å². The summed E-state index contributed by atoms with van der Waals surface area (Å²) in [5.74, 6) is 0.739. The van der Waals surface area contributed by atoms with E-state index in [1.807, 2.05) is 59.1 Å². The summed E-state index contributed by atoms with van der Waals surface area (Å²) in [6.45, 7) is 0. The van der Waals surface area contributed by atoms with Crippen LogP contribution in [0.15, 0.2) is 83.9 Å². The molecule has 0 bridgehead atoms. The molecule has 0 saturated carbocycles. The highest BCUT2D eigenvalue weighted by molar-refractivity contribution is 7.86. The van der Waals surface area contributed by atoms with Crippen LogP contribution in [0.1, 0.15) is 0 Å². The molecule has 7 heteroatoms. The van der Waals surface area contributed by atoms with E-state index in [2.05, 4.69) is 10.3 Å². The van der Waals surface area contributed by atoms with Crippen LogP contribution in [-0.2, 0) is 10.2 Å². The van der Waals surface area contributed by atoms with Crippen molar-refractivity contribution < 1.29 is 12.3 Å². The average Bonchev–Trinajstić information content (AvgIpc) is 3.01. The number of rotatable bonds is 4. The molecule has 1 N–H and O–H groups in total. The predicted octanol–water partition coefficient (Wildman–Crippen LogP) is 4.40. The molecule has 0 aliphatic rings. The van der Waals surface area contributed by atoms with Crippen LogP contribution in [0, 0.1) is 0 Å². The van der Waals surface area contributed by atoms with E-state index in [1.54, 1.807) is 0 Å². The van der Waals surface area contributed by atoms with Gasteiger partial charge in [-0.1, -0.05) is 36.4 Å². The number of hydrogen-bond acceptors (Lipinski definition) is 4. The molecule has 130 valence electrons. The van der Waals surface area contributed by atoms with Crippen molar-refractivity contribution in [3.8, 4) is 11.3 Å². The summed E-state index contributed by atoms with van der Waals surface area (Å²) in [4.78, 5) is 4.31. The van der Waals surface area contributed by atoms with Crippen molar-refractivity contribution in [3.05, 3.63) is 79.0 Å². The summed E-state index contributed by atoms with van der Waals surface area (Å²) in [7, 11) is -4.71. The van der Waals surface area contributed by atoms with Gasteiger partial charge in [-0.15, -0.1) is 3.89 Å². The normalized spacial score (nSPS) is 11.6. The van der Waals surface area contributed by atoms with Gasteiger partial charge in [0.1, 0.15) is 17.2 Å². The van der Waals surface area contributed by atoms with Gasteiger partial charge in [0, 0.05) is 17.4 Å². The molecule has 5 nitrogen and oxygen atoms in total. The average molecular weight is 367 g/mol. The van der Waals surface area contributed by atoms with Crippen LogP contribution < -0.4 is 5.32 Å². The van der Waals surface area contributed by atoms with Crippen LogP contribution in [0.4, 0.5) is 15.4 Å². The molecule has 2 aromatic carbocycles.